The molecule has 0 aliphatic carbocycles. The number of nitrogens with one attached hydrogen (secondary N) is 1. The number of H-pyrrole nitrogens is 1. The van der Waals surface area contributed by atoms with Crippen molar-refractivity contribution in [2.45, 2.75) is 40.7 Å². The van der Waals surface area contributed by atoms with Crippen LogP contribution in [0, 0.1) is 27.7 Å². The molecule has 0 aliphatic rings. The van der Waals surface area contributed by atoms with Crippen molar-refractivity contribution >= 4 is 27.5 Å². The van der Waals surface area contributed by atoms with Gasteiger partial charge in [0.25, 0.3) is 5.56 Å². The van der Waals surface area contributed by atoms with Crippen LogP contribution in [0.3, 0.4) is 0 Å². The molecule has 6 heteroatoms. The van der Waals surface area contributed by atoms with Gasteiger partial charge in [-0.2, -0.15) is 0 Å². The van der Waals surface area contributed by atoms with Gasteiger partial charge in [-0.25, -0.2) is 9.78 Å². The van der Waals surface area contributed by atoms with Crippen LogP contribution in [0.25, 0.3) is 10.2 Å². The second-order valence-corrected chi connectivity index (χ2v) is 7.41. The summed E-state index contributed by atoms with van der Waals surface area (Å²) in [4.78, 5) is 33.8. The summed E-state index contributed by atoms with van der Waals surface area (Å²) in [5.41, 5.74) is 3.19. The van der Waals surface area contributed by atoms with E-state index in [2.05, 4.69) is 9.97 Å². The third-order valence-corrected chi connectivity index (χ3v) is 5.65. The first-order valence-corrected chi connectivity index (χ1v) is 8.88. The molecule has 5 nitrogen and oxygen atoms in total. The Hall–Kier alpha value is -2.47. The number of carbonyl (C=O) groups is 1. The Morgan fingerprint density at radius 3 is 2.64 bits per heavy atom. The highest BCUT2D eigenvalue weighted by atomic mass is 32.1. The molecule has 0 saturated heterocycles. The highest BCUT2D eigenvalue weighted by molar-refractivity contribution is 7.18. The van der Waals surface area contributed by atoms with Crippen molar-refractivity contribution in [2.24, 2.45) is 0 Å². The van der Waals surface area contributed by atoms with E-state index in [0.717, 1.165) is 21.6 Å². The number of benzene rings is 1. The van der Waals surface area contributed by atoms with Gasteiger partial charge >= 0.3 is 5.97 Å². The first-order chi connectivity index (χ1) is 11.8. The van der Waals surface area contributed by atoms with Gasteiger partial charge in [0, 0.05) is 4.88 Å². The number of esters is 1. The van der Waals surface area contributed by atoms with Gasteiger partial charge in [-0.05, 0) is 57.4 Å². The molecule has 0 radical (unpaired) electrons. The molecule has 0 spiro atoms. The Kier molecular flexibility index (Phi) is 4.47. The average Bonchev–Trinajstić information content (AvgIpc) is 2.84. The molecular formula is C19H20N2O3S. The van der Waals surface area contributed by atoms with Gasteiger partial charge in [0.05, 0.1) is 10.9 Å². The maximum absolute atomic E-state index is 12.5. The Labute approximate surface area is 149 Å². The van der Waals surface area contributed by atoms with E-state index in [1.165, 1.54) is 11.3 Å². The lowest BCUT2D eigenvalue weighted by Crippen LogP contribution is -2.17. The van der Waals surface area contributed by atoms with E-state index >= 15 is 0 Å². The number of hydrogen-bond acceptors (Lipinski definition) is 5. The van der Waals surface area contributed by atoms with Gasteiger partial charge in [-0.3, -0.25) is 4.79 Å². The fourth-order valence-electron chi connectivity index (χ4n) is 2.72. The average molecular weight is 356 g/mol. The fourth-order valence-corrected chi connectivity index (χ4v) is 3.75. The summed E-state index contributed by atoms with van der Waals surface area (Å²) in [6.45, 7) is 9.42. The molecule has 0 amide bonds. The maximum Gasteiger partial charge on any atom is 0.339 e. The van der Waals surface area contributed by atoms with Crippen molar-refractivity contribution in [3.63, 3.8) is 0 Å². The van der Waals surface area contributed by atoms with Crippen molar-refractivity contribution in [1.29, 1.82) is 0 Å². The molecule has 0 fully saturated rings. The van der Waals surface area contributed by atoms with E-state index in [-0.39, 0.29) is 5.56 Å². The van der Waals surface area contributed by atoms with Crippen molar-refractivity contribution < 1.29 is 9.53 Å². The number of thiophene rings is 1. The molecule has 3 rings (SSSR count). The Balaban J connectivity index is 1.92. The lowest BCUT2D eigenvalue weighted by atomic mass is 10.0. The summed E-state index contributed by atoms with van der Waals surface area (Å²) in [6, 6.07) is 5.51. The zero-order valence-corrected chi connectivity index (χ0v) is 15.7. The van der Waals surface area contributed by atoms with Crippen LogP contribution < -0.4 is 5.56 Å². The largest absolute Gasteiger partial charge is 0.451 e. The summed E-state index contributed by atoms with van der Waals surface area (Å²) in [7, 11) is 0. The van der Waals surface area contributed by atoms with Crippen LogP contribution in [-0.4, -0.2) is 15.9 Å². The Morgan fingerprint density at radius 1 is 1.20 bits per heavy atom. The monoisotopic (exact) mass is 356 g/mol. The summed E-state index contributed by atoms with van der Waals surface area (Å²) < 4.78 is 5.53. The summed E-state index contributed by atoms with van der Waals surface area (Å²) in [6.07, 6.45) is -0.646. The van der Waals surface area contributed by atoms with Gasteiger partial charge in [-0.15, -0.1) is 11.3 Å². The van der Waals surface area contributed by atoms with Crippen molar-refractivity contribution in [2.75, 3.05) is 0 Å². The molecule has 1 N–H and O–H groups in total. The normalized spacial score (nSPS) is 12.4. The van der Waals surface area contributed by atoms with Crippen LogP contribution >= 0.6 is 11.3 Å². The van der Waals surface area contributed by atoms with Crippen LogP contribution in [0.5, 0.6) is 0 Å². The first-order valence-electron chi connectivity index (χ1n) is 8.06. The second-order valence-electron chi connectivity index (χ2n) is 6.21. The van der Waals surface area contributed by atoms with Crippen LogP contribution in [0.1, 0.15) is 50.8 Å². The van der Waals surface area contributed by atoms with Gasteiger partial charge in [0.15, 0.2) is 11.9 Å². The van der Waals surface area contributed by atoms with Crippen LogP contribution in [0.4, 0.5) is 0 Å². The third-order valence-electron chi connectivity index (χ3n) is 4.55. The van der Waals surface area contributed by atoms with E-state index in [9.17, 15) is 9.59 Å². The minimum absolute atomic E-state index is 0.198. The number of ether oxygens (including phenoxy) is 1. The van der Waals surface area contributed by atoms with E-state index in [1.807, 2.05) is 39.8 Å². The van der Waals surface area contributed by atoms with Gasteiger partial charge in [-0.1, -0.05) is 12.1 Å². The molecule has 0 aliphatic heterocycles. The zero-order valence-electron chi connectivity index (χ0n) is 14.9. The quantitative estimate of drug-likeness (QED) is 0.716. The predicted octanol–water partition coefficient (Wildman–Crippen LogP) is 4.14. The number of rotatable bonds is 3. The molecule has 0 saturated carbocycles. The minimum atomic E-state index is -0.646. The zero-order chi connectivity index (χ0) is 18.3. The number of carbonyl (C=O) groups excluding carboxylic acids is 1. The molecule has 3 aromatic rings. The molecule has 1 atom stereocenters. The van der Waals surface area contributed by atoms with E-state index in [4.69, 9.17) is 4.74 Å². The lowest BCUT2D eigenvalue weighted by Gasteiger charge is -2.14. The second kappa shape index (κ2) is 6.44. The van der Waals surface area contributed by atoms with Gasteiger partial charge in [0.1, 0.15) is 4.83 Å². The number of aryl methyl sites for hydroxylation is 3. The number of nitrogens with zero attached hydrogens (tertiary/aromatic N) is 1. The number of fused-ring (bicyclic) bond motifs is 1. The lowest BCUT2D eigenvalue weighted by molar-refractivity contribution is 0.0319. The van der Waals surface area contributed by atoms with E-state index in [0.29, 0.717) is 21.6 Å². The van der Waals surface area contributed by atoms with Crippen LogP contribution in [-0.2, 0) is 4.74 Å². The molecule has 2 aromatic heterocycles. The number of aromatic amines is 1. The topological polar surface area (TPSA) is 72.0 Å². The highest BCUT2D eigenvalue weighted by Gasteiger charge is 2.20. The van der Waals surface area contributed by atoms with Crippen molar-refractivity contribution in [3.05, 3.63) is 61.5 Å². The van der Waals surface area contributed by atoms with Gasteiger partial charge < -0.3 is 9.72 Å². The first kappa shape index (κ1) is 17.4. The molecule has 130 valence electrons. The third kappa shape index (κ3) is 3.09. The Bertz CT molecular complexity index is 1030. The van der Waals surface area contributed by atoms with Crippen LogP contribution in [0.2, 0.25) is 0 Å². The molecule has 0 bridgehead atoms. The Morgan fingerprint density at radius 2 is 1.92 bits per heavy atom. The summed E-state index contributed by atoms with van der Waals surface area (Å²) in [5, 5.41) is 0.610. The SMILES string of the molecule is Cc1cccc(C(=O)O[C@H](C)c2nc3sc(C)c(C)c3c(=O)[nH]2)c1C. The van der Waals surface area contributed by atoms with Crippen LogP contribution in [0.15, 0.2) is 23.0 Å². The number of hydrogen-bond donors (Lipinski definition) is 1. The molecule has 2 heterocycles. The molecule has 1 aromatic carbocycles. The standard InChI is InChI=1S/C19H20N2O3S/c1-9-7-6-8-14(10(9)2)19(23)24-12(4)16-20-17(22)15-11(3)13(5)25-18(15)21-16/h6-8,12H,1-5H3,(H,20,21,22)/t12-/m1/s1. The minimum Gasteiger partial charge on any atom is -0.451 e. The molecular weight excluding hydrogens is 336 g/mol. The molecule has 25 heavy (non-hydrogen) atoms. The van der Waals surface area contributed by atoms with Gasteiger partial charge in [0.2, 0.25) is 0 Å². The van der Waals surface area contributed by atoms with E-state index in [1.54, 1.807) is 13.0 Å². The van der Waals surface area contributed by atoms with Crippen molar-refractivity contribution in [3.8, 4) is 0 Å². The smallest absolute Gasteiger partial charge is 0.339 e. The molecule has 0 unspecified atom stereocenters. The predicted molar refractivity (Wildman–Crippen MR) is 99.5 cm³/mol. The number of aromatic nitrogens is 2. The fraction of sp³-hybridized carbons (Fsp3) is 0.316. The van der Waals surface area contributed by atoms with E-state index < -0.39 is 12.1 Å². The highest BCUT2D eigenvalue weighted by Crippen LogP contribution is 2.27. The summed E-state index contributed by atoms with van der Waals surface area (Å²) >= 11 is 1.47. The van der Waals surface area contributed by atoms with Crippen molar-refractivity contribution in [1.82, 2.24) is 9.97 Å². The maximum atomic E-state index is 12.5. The summed E-state index contributed by atoms with van der Waals surface area (Å²) in [5.74, 6) is -0.0626.